The standard InChI is InChI=1S/2C4H8.C3H6.C2H5N/c2*1-4(2)3;2*1-3-2/h2*1H2,2-3H3;3H,1H2,2H3;1H2,2H3. The van der Waals surface area contributed by atoms with Crippen LogP contribution < -0.4 is 0 Å². The molecule has 0 spiro atoms. The molecule has 0 bridgehead atoms. The largest absolute Gasteiger partial charge is 0.304 e. The predicted octanol–water partition coefficient (Wildman–Crippen LogP) is 4.67. The SMILES string of the molecule is C=C(C)C.C=C(C)C.C=CC.C=NC. The van der Waals surface area contributed by atoms with Crippen molar-refractivity contribution in [3.63, 3.8) is 0 Å². The molecule has 0 amide bonds. The lowest BCUT2D eigenvalue weighted by molar-refractivity contribution is 1.42. The van der Waals surface area contributed by atoms with Gasteiger partial charge in [-0.1, -0.05) is 17.2 Å². The molecule has 0 aromatic rings. The lowest BCUT2D eigenvalue weighted by Crippen LogP contribution is -1.43. The lowest BCUT2D eigenvalue weighted by Gasteiger charge is -1.65. The molecule has 0 saturated heterocycles. The highest BCUT2D eigenvalue weighted by atomic mass is 14.6. The third kappa shape index (κ3) is 865. The van der Waals surface area contributed by atoms with Crippen LogP contribution in [0.2, 0.25) is 0 Å². The van der Waals surface area contributed by atoms with Crippen molar-refractivity contribution in [3.05, 3.63) is 37.0 Å². The van der Waals surface area contributed by atoms with E-state index in [2.05, 4.69) is 31.4 Å². The molecule has 0 heterocycles. The van der Waals surface area contributed by atoms with E-state index in [-0.39, 0.29) is 0 Å². The second-order valence-electron chi connectivity index (χ2n) is 3.14. The average molecular weight is 197 g/mol. The van der Waals surface area contributed by atoms with Gasteiger partial charge in [0.15, 0.2) is 0 Å². The molecule has 0 aliphatic carbocycles. The topological polar surface area (TPSA) is 12.4 Å². The van der Waals surface area contributed by atoms with Crippen LogP contribution in [0, 0.1) is 0 Å². The number of hydrogen-bond donors (Lipinski definition) is 0. The van der Waals surface area contributed by atoms with Gasteiger partial charge in [-0.25, -0.2) is 0 Å². The molecule has 0 aliphatic rings. The fourth-order valence-electron chi connectivity index (χ4n) is 0. The molecule has 1 heteroatoms. The summed E-state index contributed by atoms with van der Waals surface area (Å²) in [5.74, 6) is 0. The first kappa shape index (κ1) is 23.1. The van der Waals surface area contributed by atoms with Crippen molar-refractivity contribution in [2.75, 3.05) is 7.05 Å². The Bertz CT molecular complexity index is 117. The predicted molar refractivity (Wildman–Crippen MR) is 72.3 cm³/mol. The maximum absolute atomic E-state index is 3.56. The summed E-state index contributed by atoms with van der Waals surface area (Å²) in [5, 5.41) is 0. The smallest absolute Gasteiger partial charge is 0.0269 e. The van der Waals surface area contributed by atoms with E-state index < -0.39 is 0 Å². The molecule has 84 valence electrons. The van der Waals surface area contributed by atoms with Gasteiger partial charge in [0, 0.05) is 7.05 Å². The fraction of sp³-hybridized carbons (Fsp3) is 0.462. The number of hydrogen-bond acceptors (Lipinski definition) is 1. The molecular weight excluding hydrogens is 170 g/mol. The van der Waals surface area contributed by atoms with Crippen LogP contribution in [0.5, 0.6) is 0 Å². The molecule has 0 saturated carbocycles. The summed E-state index contributed by atoms with van der Waals surface area (Å²) in [5.41, 5.74) is 2.33. The Labute approximate surface area is 91.0 Å². The molecule has 0 radical (unpaired) electrons. The second kappa shape index (κ2) is 29.7. The van der Waals surface area contributed by atoms with Gasteiger partial charge in [-0.3, -0.25) is 0 Å². The van der Waals surface area contributed by atoms with Crippen LogP contribution in [0.1, 0.15) is 34.6 Å². The quantitative estimate of drug-likeness (QED) is 0.395. The van der Waals surface area contributed by atoms with Crippen molar-refractivity contribution in [1.29, 1.82) is 0 Å². The first-order chi connectivity index (χ1) is 6.29. The minimum atomic E-state index is 1.17. The zero-order valence-corrected chi connectivity index (χ0v) is 10.9. The maximum atomic E-state index is 3.56. The van der Waals surface area contributed by atoms with Crippen LogP contribution in [0.3, 0.4) is 0 Å². The van der Waals surface area contributed by atoms with Crippen LogP contribution in [-0.2, 0) is 0 Å². The minimum Gasteiger partial charge on any atom is -0.304 e. The van der Waals surface area contributed by atoms with Crippen molar-refractivity contribution in [1.82, 2.24) is 0 Å². The molecule has 0 unspecified atom stereocenters. The van der Waals surface area contributed by atoms with Gasteiger partial charge in [-0.15, -0.1) is 19.7 Å². The number of allylic oxidation sites excluding steroid dienone is 3. The zero-order valence-electron chi connectivity index (χ0n) is 10.9. The molecule has 14 heavy (non-hydrogen) atoms. The van der Waals surface area contributed by atoms with Gasteiger partial charge in [0.25, 0.3) is 0 Å². The van der Waals surface area contributed by atoms with Crippen molar-refractivity contribution >= 4 is 6.72 Å². The Hall–Kier alpha value is -1.11. The van der Waals surface area contributed by atoms with E-state index in [4.69, 9.17) is 0 Å². The second-order valence-corrected chi connectivity index (χ2v) is 3.14. The average Bonchev–Trinajstić information content (AvgIpc) is 1.85. The highest BCUT2D eigenvalue weighted by Gasteiger charge is 1.52. The summed E-state index contributed by atoms with van der Waals surface area (Å²) in [6.07, 6.45) is 1.75. The summed E-state index contributed by atoms with van der Waals surface area (Å²) < 4.78 is 0. The van der Waals surface area contributed by atoms with E-state index in [9.17, 15) is 0 Å². The van der Waals surface area contributed by atoms with Gasteiger partial charge >= 0.3 is 0 Å². The van der Waals surface area contributed by atoms with Gasteiger partial charge in [0.1, 0.15) is 0 Å². The van der Waals surface area contributed by atoms with E-state index in [1.165, 1.54) is 11.1 Å². The molecule has 0 aromatic heterocycles. The van der Waals surface area contributed by atoms with Crippen molar-refractivity contribution in [2.24, 2.45) is 4.99 Å². The van der Waals surface area contributed by atoms with Crippen LogP contribution >= 0.6 is 0 Å². The van der Waals surface area contributed by atoms with Gasteiger partial charge in [0.2, 0.25) is 0 Å². The van der Waals surface area contributed by atoms with E-state index in [1.54, 1.807) is 13.1 Å². The first-order valence-corrected chi connectivity index (χ1v) is 4.46. The third-order valence-corrected chi connectivity index (χ3v) is 0. The highest BCUT2D eigenvalue weighted by Crippen LogP contribution is 1.74. The van der Waals surface area contributed by atoms with Gasteiger partial charge in [0.05, 0.1) is 0 Å². The van der Waals surface area contributed by atoms with E-state index in [0.29, 0.717) is 0 Å². The number of rotatable bonds is 0. The fourth-order valence-corrected chi connectivity index (χ4v) is 0. The number of nitrogens with zero attached hydrogens (tertiary/aromatic N) is 1. The van der Waals surface area contributed by atoms with Crippen LogP contribution in [0.4, 0.5) is 0 Å². The Morgan fingerprint density at radius 2 is 1.00 bits per heavy atom. The zero-order chi connectivity index (χ0) is 12.6. The van der Waals surface area contributed by atoms with E-state index in [1.807, 2.05) is 34.6 Å². The first-order valence-electron chi connectivity index (χ1n) is 4.46. The monoisotopic (exact) mass is 197 g/mol. The van der Waals surface area contributed by atoms with Crippen molar-refractivity contribution in [3.8, 4) is 0 Å². The molecule has 0 N–H and O–H groups in total. The molecule has 0 fully saturated rings. The summed E-state index contributed by atoms with van der Waals surface area (Å²) in [7, 11) is 1.64. The number of aliphatic imine (C=N–C) groups is 1. The highest BCUT2D eigenvalue weighted by molar-refractivity contribution is 5.22. The Kier molecular flexibility index (Phi) is 48.9. The Morgan fingerprint density at radius 1 is 1.00 bits per heavy atom. The Balaban J connectivity index is -0.0000000482. The van der Waals surface area contributed by atoms with Crippen LogP contribution in [-0.4, -0.2) is 13.8 Å². The molecule has 0 aromatic carbocycles. The maximum Gasteiger partial charge on any atom is 0.0269 e. The van der Waals surface area contributed by atoms with Crippen molar-refractivity contribution in [2.45, 2.75) is 34.6 Å². The van der Waals surface area contributed by atoms with Gasteiger partial charge < -0.3 is 4.99 Å². The Morgan fingerprint density at radius 3 is 1.00 bits per heavy atom. The lowest BCUT2D eigenvalue weighted by atomic mass is 10.4. The van der Waals surface area contributed by atoms with Crippen molar-refractivity contribution < 1.29 is 0 Å². The normalized spacial score (nSPS) is 5.57. The molecule has 0 rings (SSSR count). The van der Waals surface area contributed by atoms with Crippen LogP contribution in [0.25, 0.3) is 0 Å². The summed E-state index contributed by atoms with van der Waals surface area (Å²) in [4.78, 5) is 3.25. The molecule has 0 atom stereocenters. The van der Waals surface area contributed by atoms with Gasteiger partial charge in [-0.2, -0.15) is 0 Å². The molecule has 1 nitrogen and oxygen atoms in total. The van der Waals surface area contributed by atoms with E-state index in [0.717, 1.165) is 0 Å². The minimum absolute atomic E-state index is 1.17. The van der Waals surface area contributed by atoms with E-state index >= 15 is 0 Å². The van der Waals surface area contributed by atoms with Crippen LogP contribution in [0.15, 0.2) is 42.0 Å². The summed E-state index contributed by atoms with van der Waals surface area (Å²) in [6.45, 7) is 23.4. The molecular formula is C13H27N. The summed E-state index contributed by atoms with van der Waals surface area (Å²) in [6, 6.07) is 0. The summed E-state index contributed by atoms with van der Waals surface area (Å²) >= 11 is 0. The third-order valence-electron chi connectivity index (χ3n) is 0. The van der Waals surface area contributed by atoms with Gasteiger partial charge in [-0.05, 0) is 41.3 Å². The molecule has 0 aliphatic heterocycles.